The van der Waals surface area contributed by atoms with Crippen LogP contribution in [0.15, 0.2) is 24.3 Å². The molecule has 0 fully saturated rings. The summed E-state index contributed by atoms with van der Waals surface area (Å²) in [5.74, 6) is -0.0535. The van der Waals surface area contributed by atoms with Crippen LogP contribution in [0.1, 0.15) is 305 Å². The summed E-state index contributed by atoms with van der Waals surface area (Å²) in [4.78, 5) is 72.3. The summed E-state index contributed by atoms with van der Waals surface area (Å²) >= 11 is 0. The molecule has 19 heteroatoms. The monoisotopic (exact) mass is 1260 g/mol. The standard InChI is InChI=1S/C67H126O17P2/c1-8-9-10-11-12-13-14-15-16-17-18-21-27-36-43-50-66(71)83-62(54-77-64(69)48-41-34-26-22-19-20-24-31-38-45-58(2)3)56-81-85(73,74)79-52-61(68)53-80-86(75,76)82-57-63(55-78-65(70)49-42-35-30-29-33-40-47-60(6)7)84-67(72)51-44-37-28-23-25-32-39-46-59(4)5/h13-16,58-63,68H,8-12,17-57H2,1-7H3,(H,73,74)(H,75,76)/b14-13-,16-15-/t61-,62-,63-/m1/s1. The summed E-state index contributed by atoms with van der Waals surface area (Å²) in [6, 6.07) is 0. The van der Waals surface area contributed by atoms with Gasteiger partial charge in [0.25, 0.3) is 0 Å². The third-order valence-corrected chi connectivity index (χ3v) is 16.7. The fourth-order valence-corrected chi connectivity index (χ4v) is 11.0. The maximum atomic E-state index is 13.0. The van der Waals surface area contributed by atoms with Crippen LogP contribution in [0.2, 0.25) is 0 Å². The highest BCUT2D eigenvalue weighted by molar-refractivity contribution is 7.47. The molecule has 0 heterocycles. The number of ether oxygens (including phenoxy) is 4. The largest absolute Gasteiger partial charge is 0.472 e. The molecule has 0 saturated heterocycles. The minimum atomic E-state index is -4.96. The normalized spacial score (nSPS) is 14.5. The van der Waals surface area contributed by atoms with Gasteiger partial charge in [0.05, 0.1) is 26.4 Å². The lowest BCUT2D eigenvalue weighted by molar-refractivity contribution is -0.161. The van der Waals surface area contributed by atoms with Crippen molar-refractivity contribution in [1.29, 1.82) is 0 Å². The summed E-state index contributed by atoms with van der Waals surface area (Å²) in [6.45, 7) is 11.6. The molecule has 0 aromatic heterocycles. The van der Waals surface area contributed by atoms with Crippen LogP contribution in [0, 0.1) is 17.8 Å². The fourth-order valence-electron chi connectivity index (χ4n) is 9.47. The van der Waals surface area contributed by atoms with Gasteiger partial charge in [0.1, 0.15) is 19.3 Å². The summed E-state index contributed by atoms with van der Waals surface area (Å²) in [6.07, 6.45) is 42.8. The molecule has 0 amide bonds. The van der Waals surface area contributed by atoms with Crippen molar-refractivity contribution in [2.75, 3.05) is 39.6 Å². The van der Waals surface area contributed by atoms with Gasteiger partial charge in [-0.2, -0.15) is 0 Å². The Hall–Kier alpha value is -2.46. The Morgan fingerprint density at radius 2 is 0.628 bits per heavy atom. The van der Waals surface area contributed by atoms with Gasteiger partial charge in [-0.1, -0.05) is 253 Å². The Labute approximate surface area is 522 Å². The molecule has 0 aromatic carbocycles. The Bertz CT molecular complexity index is 1790. The van der Waals surface area contributed by atoms with E-state index in [2.05, 4.69) is 72.8 Å². The van der Waals surface area contributed by atoms with Crippen LogP contribution in [0.3, 0.4) is 0 Å². The summed E-state index contributed by atoms with van der Waals surface area (Å²) in [5.41, 5.74) is 0. The highest BCUT2D eigenvalue weighted by atomic mass is 31.2. The van der Waals surface area contributed by atoms with Crippen LogP contribution >= 0.6 is 15.6 Å². The van der Waals surface area contributed by atoms with Gasteiger partial charge in [0, 0.05) is 25.7 Å². The lowest BCUT2D eigenvalue weighted by atomic mass is 10.0. The maximum Gasteiger partial charge on any atom is 0.472 e. The van der Waals surface area contributed by atoms with E-state index >= 15 is 0 Å². The molecule has 0 aliphatic rings. The van der Waals surface area contributed by atoms with Crippen LogP contribution in [0.5, 0.6) is 0 Å². The van der Waals surface area contributed by atoms with Crippen molar-refractivity contribution in [2.45, 2.75) is 324 Å². The minimum Gasteiger partial charge on any atom is -0.462 e. The molecule has 0 rings (SSSR count). The Morgan fingerprint density at radius 1 is 0.360 bits per heavy atom. The van der Waals surface area contributed by atoms with Crippen molar-refractivity contribution in [3.05, 3.63) is 24.3 Å². The minimum absolute atomic E-state index is 0.0839. The third-order valence-electron chi connectivity index (χ3n) is 14.8. The van der Waals surface area contributed by atoms with Crippen LogP contribution in [-0.4, -0.2) is 96.7 Å². The molecule has 0 radical (unpaired) electrons. The Kier molecular flexibility index (Phi) is 56.0. The smallest absolute Gasteiger partial charge is 0.462 e. The van der Waals surface area contributed by atoms with Crippen molar-refractivity contribution < 1.29 is 80.2 Å². The van der Waals surface area contributed by atoms with E-state index in [1.807, 2.05) is 0 Å². The lowest BCUT2D eigenvalue weighted by Gasteiger charge is -2.21. The lowest BCUT2D eigenvalue weighted by Crippen LogP contribution is -2.30. The number of aliphatic hydroxyl groups is 1. The average molecular weight is 1270 g/mol. The molecule has 506 valence electrons. The predicted molar refractivity (Wildman–Crippen MR) is 344 cm³/mol. The molecule has 86 heavy (non-hydrogen) atoms. The van der Waals surface area contributed by atoms with E-state index in [1.54, 1.807) is 0 Å². The topological polar surface area (TPSA) is 237 Å². The van der Waals surface area contributed by atoms with Crippen LogP contribution in [0.4, 0.5) is 0 Å². The number of hydrogen-bond acceptors (Lipinski definition) is 15. The van der Waals surface area contributed by atoms with Gasteiger partial charge in [-0.3, -0.25) is 37.3 Å². The van der Waals surface area contributed by atoms with Crippen molar-refractivity contribution in [3.63, 3.8) is 0 Å². The van der Waals surface area contributed by atoms with Crippen molar-refractivity contribution in [3.8, 4) is 0 Å². The number of phosphoric ester groups is 2. The van der Waals surface area contributed by atoms with Gasteiger partial charge < -0.3 is 33.8 Å². The summed E-state index contributed by atoms with van der Waals surface area (Å²) in [7, 11) is -9.91. The van der Waals surface area contributed by atoms with E-state index in [0.717, 1.165) is 115 Å². The molecule has 0 aliphatic heterocycles. The molecule has 0 aliphatic carbocycles. The van der Waals surface area contributed by atoms with Crippen LogP contribution < -0.4 is 0 Å². The van der Waals surface area contributed by atoms with Crippen molar-refractivity contribution in [1.82, 2.24) is 0 Å². The molecule has 0 bridgehead atoms. The van der Waals surface area contributed by atoms with E-state index in [0.29, 0.717) is 37.5 Å². The molecule has 0 aromatic rings. The highest BCUT2D eigenvalue weighted by Gasteiger charge is 2.30. The second-order valence-corrected chi connectivity index (χ2v) is 27.9. The zero-order valence-corrected chi connectivity index (χ0v) is 57.0. The van der Waals surface area contributed by atoms with Gasteiger partial charge in [-0.05, 0) is 69.1 Å². The first-order chi connectivity index (χ1) is 41.2. The van der Waals surface area contributed by atoms with Gasteiger partial charge in [0.2, 0.25) is 0 Å². The summed E-state index contributed by atoms with van der Waals surface area (Å²) in [5, 5.41) is 10.5. The quantitative estimate of drug-likeness (QED) is 0.0169. The number of aliphatic hydroxyl groups excluding tert-OH is 1. The first-order valence-electron chi connectivity index (χ1n) is 34.2. The number of esters is 4. The molecule has 0 saturated carbocycles. The fraction of sp³-hybridized carbons (Fsp3) is 0.881. The number of rotatable bonds is 63. The van der Waals surface area contributed by atoms with E-state index in [4.69, 9.17) is 37.0 Å². The number of allylic oxidation sites excluding steroid dienone is 4. The number of hydrogen-bond donors (Lipinski definition) is 3. The van der Waals surface area contributed by atoms with E-state index in [9.17, 15) is 43.2 Å². The highest BCUT2D eigenvalue weighted by Crippen LogP contribution is 2.45. The second-order valence-electron chi connectivity index (χ2n) is 25.0. The number of phosphoric acid groups is 2. The molecule has 0 spiro atoms. The maximum absolute atomic E-state index is 13.0. The first-order valence-corrected chi connectivity index (χ1v) is 37.2. The molecule has 3 N–H and O–H groups in total. The zero-order valence-electron chi connectivity index (χ0n) is 55.3. The molecular weight excluding hydrogens is 1140 g/mol. The van der Waals surface area contributed by atoms with E-state index in [1.165, 1.54) is 96.3 Å². The Morgan fingerprint density at radius 3 is 0.942 bits per heavy atom. The van der Waals surface area contributed by atoms with Crippen molar-refractivity contribution >= 4 is 39.5 Å². The second kappa shape index (κ2) is 57.7. The molecule has 5 atom stereocenters. The number of carbonyl (C=O) groups is 4. The van der Waals surface area contributed by atoms with Gasteiger partial charge in [0.15, 0.2) is 12.2 Å². The predicted octanol–water partition coefficient (Wildman–Crippen LogP) is 18.2. The molecule has 17 nitrogen and oxygen atoms in total. The Balaban J connectivity index is 5.28. The van der Waals surface area contributed by atoms with E-state index in [-0.39, 0.29) is 25.7 Å². The average Bonchev–Trinajstić information content (AvgIpc) is 3.68. The van der Waals surface area contributed by atoms with E-state index < -0.39 is 97.5 Å². The molecule has 2 unspecified atom stereocenters. The number of carbonyl (C=O) groups excluding carboxylic acids is 4. The molecular formula is C67H126O17P2. The van der Waals surface area contributed by atoms with Gasteiger partial charge in [-0.25, -0.2) is 9.13 Å². The van der Waals surface area contributed by atoms with Crippen LogP contribution in [-0.2, 0) is 65.4 Å². The van der Waals surface area contributed by atoms with Gasteiger partial charge >= 0.3 is 39.5 Å². The SMILES string of the molecule is CCCCCC/C=C\C=C/CCCCCCCC(=O)O[C@H](COC(=O)CCCCCCCCCCCC(C)C)COP(=O)(O)OC[C@@H](O)COP(=O)(O)OC[C@@H](COC(=O)CCCCCCCCC(C)C)OC(=O)CCCCCCCCCC(C)C. The van der Waals surface area contributed by atoms with Gasteiger partial charge in [-0.15, -0.1) is 0 Å². The summed E-state index contributed by atoms with van der Waals surface area (Å²) < 4.78 is 68.0. The number of unbranched alkanes of at least 4 members (excludes halogenated alkanes) is 28. The van der Waals surface area contributed by atoms with Crippen molar-refractivity contribution in [2.24, 2.45) is 17.8 Å². The first kappa shape index (κ1) is 83.5. The zero-order chi connectivity index (χ0) is 63.8. The van der Waals surface area contributed by atoms with Crippen LogP contribution in [0.25, 0.3) is 0 Å². The third kappa shape index (κ3) is 60.5.